The smallest absolute Gasteiger partial charge is 0.0700 e. The lowest BCUT2D eigenvalue weighted by Gasteiger charge is -2.43. The van der Waals surface area contributed by atoms with E-state index in [0.29, 0.717) is 6.61 Å². The molecule has 0 aromatic carbocycles. The Morgan fingerprint density at radius 1 is 0.778 bits per heavy atom. The highest BCUT2D eigenvalue weighted by Gasteiger charge is 2.41. The highest BCUT2D eigenvalue weighted by molar-refractivity contribution is 6.83. The summed E-state index contributed by atoms with van der Waals surface area (Å²) in [5.74, 6) is 0. The summed E-state index contributed by atoms with van der Waals surface area (Å²) in [6, 6.07) is 1.40. The second-order valence-corrected chi connectivity index (χ2v) is 12.5. The van der Waals surface area contributed by atoms with Crippen molar-refractivity contribution in [3.63, 3.8) is 0 Å². The molecule has 0 aliphatic carbocycles. The fraction of sp³-hybridized carbons (Fsp3) is 1.00. The fourth-order valence-electron chi connectivity index (χ4n) is 3.59. The predicted octanol–water partition coefficient (Wildman–Crippen LogP) is 4.72. The first-order chi connectivity index (χ1) is 8.39. The van der Waals surface area contributed by atoms with Gasteiger partial charge in [0.2, 0.25) is 0 Å². The minimum atomic E-state index is -1.21. The van der Waals surface area contributed by atoms with Gasteiger partial charge in [0.1, 0.15) is 0 Å². The SMILES string of the molecule is COCCOCCC[Si](C(C)C)(C(C)C)C(C)C. The first-order valence-corrected chi connectivity index (χ1v) is 9.90. The van der Waals surface area contributed by atoms with E-state index in [2.05, 4.69) is 41.5 Å². The highest BCUT2D eigenvalue weighted by Crippen LogP contribution is 2.44. The van der Waals surface area contributed by atoms with Crippen molar-refractivity contribution in [2.75, 3.05) is 26.9 Å². The average Bonchev–Trinajstić information content (AvgIpc) is 2.26. The predicted molar refractivity (Wildman–Crippen MR) is 83.2 cm³/mol. The highest BCUT2D eigenvalue weighted by atomic mass is 28.3. The molecule has 0 atom stereocenters. The van der Waals surface area contributed by atoms with Gasteiger partial charge in [0.15, 0.2) is 0 Å². The molecule has 0 saturated heterocycles. The summed E-state index contributed by atoms with van der Waals surface area (Å²) in [5.41, 5.74) is 2.57. The van der Waals surface area contributed by atoms with E-state index in [9.17, 15) is 0 Å². The zero-order chi connectivity index (χ0) is 14.2. The lowest BCUT2D eigenvalue weighted by Crippen LogP contribution is -2.44. The standard InChI is InChI=1S/C15H34O2Si/c1-13(2)18(14(3)4,15(5)6)12-8-9-17-11-10-16-7/h13-15H,8-12H2,1-7H3. The molecule has 0 N–H and O–H groups in total. The molecule has 0 amide bonds. The van der Waals surface area contributed by atoms with Crippen LogP contribution in [-0.2, 0) is 9.47 Å². The second kappa shape index (κ2) is 9.11. The third-order valence-electron chi connectivity index (χ3n) is 4.56. The fourth-order valence-corrected chi connectivity index (χ4v) is 10.1. The molecule has 3 heteroatoms. The van der Waals surface area contributed by atoms with Gasteiger partial charge in [0.05, 0.1) is 21.3 Å². The Hall–Kier alpha value is 0.137. The van der Waals surface area contributed by atoms with E-state index in [1.165, 1.54) is 12.5 Å². The van der Waals surface area contributed by atoms with Crippen LogP contribution >= 0.6 is 0 Å². The molecule has 0 bridgehead atoms. The Morgan fingerprint density at radius 3 is 1.67 bits per heavy atom. The molecular weight excluding hydrogens is 240 g/mol. The van der Waals surface area contributed by atoms with E-state index in [1.54, 1.807) is 7.11 Å². The van der Waals surface area contributed by atoms with Crippen LogP contribution in [0.1, 0.15) is 48.0 Å². The van der Waals surface area contributed by atoms with Crippen molar-refractivity contribution in [1.29, 1.82) is 0 Å². The zero-order valence-electron chi connectivity index (χ0n) is 13.6. The van der Waals surface area contributed by atoms with Gasteiger partial charge in [-0.2, -0.15) is 0 Å². The number of rotatable bonds is 10. The second-order valence-electron chi connectivity index (χ2n) is 6.29. The topological polar surface area (TPSA) is 18.5 Å². The van der Waals surface area contributed by atoms with Gasteiger partial charge in [-0.1, -0.05) is 64.2 Å². The number of hydrogen-bond acceptors (Lipinski definition) is 2. The molecule has 0 aromatic rings. The molecule has 2 nitrogen and oxygen atoms in total. The normalized spacial score (nSPS) is 13.0. The molecule has 0 radical (unpaired) electrons. The van der Waals surface area contributed by atoms with Crippen LogP contribution in [-0.4, -0.2) is 35.0 Å². The molecule has 110 valence electrons. The molecule has 0 aliphatic rings. The van der Waals surface area contributed by atoms with Gasteiger partial charge in [-0.25, -0.2) is 0 Å². The number of hydrogen-bond donors (Lipinski definition) is 0. The number of methoxy groups -OCH3 is 1. The van der Waals surface area contributed by atoms with E-state index in [4.69, 9.17) is 9.47 Å². The summed E-state index contributed by atoms with van der Waals surface area (Å²) in [7, 11) is 0.513. The van der Waals surface area contributed by atoms with Crippen LogP contribution in [0.5, 0.6) is 0 Å². The minimum absolute atomic E-state index is 0.709. The lowest BCUT2D eigenvalue weighted by molar-refractivity contribution is 0.0708. The summed E-state index contributed by atoms with van der Waals surface area (Å²) in [6.45, 7) is 16.9. The molecule has 0 unspecified atom stereocenters. The van der Waals surface area contributed by atoms with E-state index < -0.39 is 8.07 Å². The van der Waals surface area contributed by atoms with Gasteiger partial charge in [-0.3, -0.25) is 0 Å². The molecule has 0 rings (SSSR count). The monoisotopic (exact) mass is 274 g/mol. The van der Waals surface area contributed by atoms with Gasteiger partial charge in [0, 0.05) is 13.7 Å². The molecule has 0 aromatic heterocycles. The first-order valence-electron chi connectivity index (χ1n) is 7.46. The maximum atomic E-state index is 5.61. The van der Waals surface area contributed by atoms with Crippen LogP contribution in [0.4, 0.5) is 0 Å². The summed E-state index contributed by atoms with van der Waals surface area (Å²) in [5, 5.41) is 0. The third-order valence-corrected chi connectivity index (χ3v) is 12.2. The Labute approximate surface area is 115 Å². The molecule has 0 heterocycles. The Balaban J connectivity index is 4.26. The zero-order valence-corrected chi connectivity index (χ0v) is 14.6. The van der Waals surface area contributed by atoms with Crippen molar-refractivity contribution in [2.45, 2.75) is 70.6 Å². The van der Waals surface area contributed by atoms with Crippen LogP contribution < -0.4 is 0 Å². The molecule has 0 fully saturated rings. The van der Waals surface area contributed by atoms with E-state index >= 15 is 0 Å². The molecule has 0 spiro atoms. The van der Waals surface area contributed by atoms with Crippen LogP contribution in [0.3, 0.4) is 0 Å². The van der Waals surface area contributed by atoms with Crippen LogP contribution in [0.2, 0.25) is 22.7 Å². The van der Waals surface area contributed by atoms with Crippen molar-refractivity contribution >= 4 is 8.07 Å². The molecular formula is C15H34O2Si. The van der Waals surface area contributed by atoms with Gasteiger partial charge in [-0.05, 0) is 6.42 Å². The van der Waals surface area contributed by atoms with Crippen LogP contribution in [0, 0.1) is 0 Å². The van der Waals surface area contributed by atoms with Gasteiger partial charge < -0.3 is 9.47 Å². The van der Waals surface area contributed by atoms with Crippen molar-refractivity contribution < 1.29 is 9.47 Å². The van der Waals surface area contributed by atoms with E-state index in [0.717, 1.165) is 29.8 Å². The summed E-state index contributed by atoms with van der Waals surface area (Å²) >= 11 is 0. The maximum Gasteiger partial charge on any atom is 0.0700 e. The van der Waals surface area contributed by atoms with Crippen molar-refractivity contribution in [2.24, 2.45) is 0 Å². The largest absolute Gasteiger partial charge is 0.382 e. The Morgan fingerprint density at radius 2 is 1.28 bits per heavy atom. The number of ether oxygens (including phenoxy) is 2. The van der Waals surface area contributed by atoms with Crippen LogP contribution in [0.15, 0.2) is 0 Å². The average molecular weight is 275 g/mol. The van der Waals surface area contributed by atoms with Gasteiger partial charge >= 0.3 is 0 Å². The summed E-state index contributed by atoms with van der Waals surface area (Å²) in [4.78, 5) is 0. The molecule has 18 heavy (non-hydrogen) atoms. The van der Waals surface area contributed by atoms with Crippen molar-refractivity contribution in [3.8, 4) is 0 Å². The molecule has 0 aliphatic heterocycles. The van der Waals surface area contributed by atoms with Crippen LogP contribution in [0.25, 0.3) is 0 Å². The van der Waals surface area contributed by atoms with E-state index in [-0.39, 0.29) is 0 Å². The quantitative estimate of drug-likeness (QED) is 0.424. The minimum Gasteiger partial charge on any atom is -0.382 e. The molecule has 0 saturated carbocycles. The third kappa shape index (κ3) is 5.02. The summed E-state index contributed by atoms with van der Waals surface area (Å²) < 4.78 is 10.6. The Bertz CT molecular complexity index is 181. The van der Waals surface area contributed by atoms with Gasteiger partial charge in [-0.15, -0.1) is 0 Å². The van der Waals surface area contributed by atoms with Crippen molar-refractivity contribution in [1.82, 2.24) is 0 Å². The van der Waals surface area contributed by atoms with Gasteiger partial charge in [0.25, 0.3) is 0 Å². The first kappa shape index (κ1) is 18.1. The van der Waals surface area contributed by atoms with Crippen molar-refractivity contribution in [3.05, 3.63) is 0 Å². The Kier molecular flexibility index (Phi) is 9.18. The summed E-state index contributed by atoms with van der Waals surface area (Å²) in [6.07, 6.45) is 1.21. The maximum absolute atomic E-state index is 5.61. The van der Waals surface area contributed by atoms with E-state index in [1.807, 2.05) is 0 Å². The lowest BCUT2D eigenvalue weighted by atomic mass is 10.5.